The van der Waals surface area contributed by atoms with Crippen LogP contribution in [0, 0.1) is 11.3 Å². The van der Waals surface area contributed by atoms with Crippen molar-refractivity contribution in [3.8, 4) is 0 Å². The molecule has 1 nitrogen and oxygen atoms in total. The Morgan fingerprint density at radius 1 is 1.33 bits per heavy atom. The highest BCUT2D eigenvalue weighted by Crippen LogP contribution is 2.45. The standard InChI is InChI=1S/C16H18OS/c1-16(2)9-5-7-13(16)15(17)12-10-18-14-8-4-3-6-11(12)14/h3-4,6,8,10,13H,5,7,9H2,1-2H3. The van der Waals surface area contributed by atoms with Gasteiger partial charge in [-0.3, -0.25) is 4.79 Å². The van der Waals surface area contributed by atoms with Crippen LogP contribution in [0.15, 0.2) is 29.6 Å². The Bertz CT molecular complexity index is 594. The van der Waals surface area contributed by atoms with E-state index in [0.717, 1.165) is 17.4 Å². The van der Waals surface area contributed by atoms with Gasteiger partial charge in [-0.15, -0.1) is 11.3 Å². The summed E-state index contributed by atoms with van der Waals surface area (Å²) in [5, 5.41) is 3.18. The normalized spacial score (nSPS) is 22.4. The van der Waals surface area contributed by atoms with E-state index < -0.39 is 0 Å². The predicted molar refractivity (Wildman–Crippen MR) is 77.3 cm³/mol. The van der Waals surface area contributed by atoms with Gasteiger partial charge in [0.25, 0.3) is 0 Å². The lowest BCUT2D eigenvalue weighted by Gasteiger charge is -2.25. The highest BCUT2D eigenvalue weighted by Gasteiger charge is 2.39. The Kier molecular flexibility index (Phi) is 2.78. The summed E-state index contributed by atoms with van der Waals surface area (Å²) in [6.45, 7) is 4.47. The number of carbonyl (C=O) groups excluding carboxylic acids is 1. The third-order valence-corrected chi connectivity index (χ3v) is 5.28. The van der Waals surface area contributed by atoms with Crippen LogP contribution >= 0.6 is 11.3 Å². The molecule has 1 aromatic heterocycles. The lowest BCUT2D eigenvalue weighted by molar-refractivity contribution is 0.0841. The second kappa shape index (κ2) is 4.20. The lowest BCUT2D eigenvalue weighted by atomic mass is 9.78. The minimum Gasteiger partial charge on any atom is -0.294 e. The Morgan fingerprint density at radius 2 is 2.11 bits per heavy atom. The number of rotatable bonds is 2. The second-order valence-corrected chi connectivity index (χ2v) is 6.85. The van der Waals surface area contributed by atoms with Crippen molar-refractivity contribution < 1.29 is 4.79 Å². The molecule has 1 atom stereocenters. The summed E-state index contributed by atoms with van der Waals surface area (Å²) in [6.07, 6.45) is 3.41. The van der Waals surface area contributed by atoms with Crippen LogP contribution < -0.4 is 0 Å². The number of carbonyl (C=O) groups is 1. The van der Waals surface area contributed by atoms with Crippen LogP contribution in [0.25, 0.3) is 10.1 Å². The van der Waals surface area contributed by atoms with Gasteiger partial charge in [0.1, 0.15) is 0 Å². The summed E-state index contributed by atoms with van der Waals surface area (Å²) in [4.78, 5) is 12.7. The maximum atomic E-state index is 12.7. The summed E-state index contributed by atoms with van der Waals surface area (Å²) < 4.78 is 1.22. The number of ketones is 1. The van der Waals surface area contributed by atoms with Crippen molar-refractivity contribution in [2.24, 2.45) is 11.3 Å². The van der Waals surface area contributed by atoms with E-state index in [0.29, 0.717) is 5.78 Å². The molecule has 2 heteroatoms. The van der Waals surface area contributed by atoms with E-state index in [1.54, 1.807) is 11.3 Å². The zero-order valence-corrected chi connectivity index (χ0v) is 11.7. The van der Waals surface area contributed by atoms with E-state index in [-0.39, 0.29) is 11.3 Å². The minimum absolute atomic E-state index is 0.167. The molecule has 3 rings (SSSR count). The number of Topliss-reactive ketones (excluding diaryl/α,β-unsaturated/α-hetero) is 1. The molecule has 0 saturated heterocycles. The summed E-state index contributed by atoms with van der Waals surface area (Å²) in [7, 11) is 0. The molecule has 1 saturated carbocycles. The summed E-state index contributed by atoms with van der Waals surface area (Å²) in [6, 6.07) is 8.22. The fourth-order valence-corrected chi connectivity index (χ4v) is 4.12. The summed E-state index contributed by atoms with van der Waals surface area (Å²) in [5.74, 6) is 0.561. The molecule has 0 radical (unpaired) electrons. The number of hydrogen-bond donors (Lipinski definition) is 0. The SMILES string of the molecule is CC1(C)CCCC1C(=O)c1csc2ccccc12. The topological polar surface area (TPSA) is 17.1 Å². The first kappa shape index (κ1) is 11.9. The van der Waals surface area contributed by atoms with E-state index >= 15 is 0 Å². The molecule has 1 aromatic carbocycles. The quantitative estimate of drug-likeness (QED) is 0.699. The molecule has 0 N–H and O–H groups in total. The van der Waals surface area contributed by atoms with Crippen LogP contribution in [0.4, 0.5) is 0 Å². The second-order valence-electron chi connectivity index (χ2n) is 5.94. The molecule has 1 fully saturated rings. The zero-order valence-electron chi connectivity index (χ0n) is 10.9. The molecule has 1 aliphatic carbocycles. The highest BCUT2D eigenvalue weighted by molar-refractivity contribution is 7.17. The van der Waals surface area contributed by atoms with Crippen LogP contribution in [0.2, 0.25) is 0 Å². The fourth-order valence-electron chi connectivity index (χ4n) is 3.17. The molecule has 0 amide bonds. The highest BCUT2D eigenvalue weighted by atomic mass is 32.1. The van der Waals surface area contributed by atoms with Gasteiger partial charge in [0.15, 0.2) is 5.78 Å². The van der Waals surface area contributed by atoms with Crippen molar-refractivity contribution >= 4 is 27.2 Å². The summed E-state index contributed by atoms with van der Waals surface area (Å²) in [5.41, 5.74) is 1.11. The predicted octanol–water partition coefficient (Wildman–Crippen LogP) is 4.91. The first-order chi connectivity index (χ1) is 8.59. The van der Waals surface area contributed by atoms with Gasteiger partial charge in [-0.25, -0.2) is 0 Å². The average Bonchev–Trinajstić information content (AvgIpc) is 2.91. The van der Waals surface area contributed by atoms with Crippen LogP contribution in [0.3, 0.4) is 0 Å². The maximum Gasteiger partial charge on any atom is 0.167 e. The van der Waals surface area contributed by atoms with E-state index in [1.165, 1.54) is 17.5 Å². The number of thiophene rings is 1. The Labute approximate surface area is 112 Å². The van der Waals surface area contributed by atoms with Crippen molar-refractivity contribution in [1.29, 1.82) is 0 Å². The van der Waals surface area contributed by atoms with Gasteiger partial charge in [-0.2, -0.15) is 0 Å². The van der Waals surface area contributed by atoms with Crippen LogP contribution in [0.5, 0.6) is 0 Å². The van der Waals surface area contributed by atoms with Crippen LogP contribution in [-0.2, 0) is 0 Å². The molecule has 0 spiro atoms. The third kappa shape index (κ3) is 1.79. The van der Waals surface area contributed by atoms with E-state index in [2.05, 4.69) is 26.0 Å². The third-order valence-electron chi connectivity index (χ3n) is 4.32. The van der Waals surface area contributed by atoms with Gasteiger partial charge >= 0.3 is 0 Å². The lowest BCUT2D eigenvalue weighted by Crippen LogP contribution is -2.25. The molecule has 1 heterocycles. The molecule has 1 unspecified atom stereocenters. The molecule has 1 aliphatic rings. The van der Waals surface area contributed by atoms with Gasteiger partial charge in [0.05, 0.1) is 0 Å². The number of hydrogen-bond acceptors (Lipinski definition) is 2. The largest absolute Gasteiger partial charge is 0.294 e. The first-order valence-corrected chi connectivity index (χ1v) is 7.48. The average molecular weight is 258 g/mol. The molecule has 2 aromatic rings. The Hall–Kier alpha value is -1.15. The summed E-state index contributed by atoms with van der Waals surface area (Å²) >= 11 is 1.68. The van der Waals surface area contributed by atoms with Gasteiger partial charge in [-0.1, -0.05) is 38.5 Å². The van der Waals surface area contributed by atoms with Crippen molar-refractivity contribution in [3.63, 3.8) is 0 Å². The van der Waals surface area contributed by atoms with Crippen molar-refractivity contribution in [2.75, 3.05) is 0 Å². The van der Waals surface area contributed by atoms with E-state index in [4.69, 9.17) is 0 Å². The van der Waals surface area contributed by atoms with Gasteiger partial charge in [0.2, 0.25) is 0 Å². The maximum absolute atomic E-state index is 12.7. The number of benzene rings is 1. The first-order valence-electron chi connectivity index (χ1n) is 6.60. The minimum atomic E-state index is 0.167. The van der Waals surface area contributed by atoms with Crippen LogP contribution in [-0.4, -0.2) is 5.78 Å². The monoisotopic (exact) mass is 258 g/mol. The molecular formula is C16H18OS. The van der Waals surface area contributed by atoms with E-state index in [1.807, 2.05) is 17.5 Å². The smallest absolute Gasteiger partial charge is 0.167 e. The molecule has 18 heavy (non-hydrogen) atoms. The Morgan fingerprint density at radius 3 is 2.83 bits per heavy atom. The molecular weight excluding hydrogens is 240 g/mol. The fraction of sp³-hybridized carbons (Fsp3) is 0.438. The van der Waals surface area contributed by atoms with E-state index in [9.17, 15) is 4.79 Å². The van der Waals surface area contributed by atoms with Crippen molar-refractivity contribution in [3.05, 3.63) is 35.2 Å². The van der Waals surface area contributed by atoms with Gasteiger partial charge < -0.3 is 0 Å². The van der Waals surface area contributed by atoms with Crippen molar-refractivity contribution in [2.45, 2.75) is 33.1 Å². The Balaban J connectivity index is 2.02. The molecule has 0 bridgehead atoms. The van der Waals surface area contributed by atoms with Gasteiger partial charge in [-0.05, 0) is 24.3 Å². The molecule has 0 aliphatic heterocycles. The number of fused-ring (bicyclic) bond motifs is 1. The van der Waals surface area contributed by atoms with Crippen molar-refractivity contribution in [1.82, 2.24) is 0 Å². The van der Waals surface area contributed by atoms with Gasteiger partial charge in [0, 0.05) is 26.9 Å². The molecule has 94 valence electrons. The zero-order chi connectivity index (χ0) is 12.8. The van der Waals surface area contributed by atoms with Crippen LogP contribution in [0.1, 0.15) is 43.5 Å².